The molecule has 0 saturated heterocycles. The summed E-state index contributed by atoms with van der Waals surface area (Å²) in [4.78, 5) is 12.2. The molecule has 1 aliphatic rings. The standard InChI is InChI=1S/C29H25NO2/c31-19-24(21-32-20-22-11-3-1-4-12-22)30-29(23-13-5-2-6-14-23)27-17-9-7-15-25(27)26-16-8-10-18-28(26)29/h1-19,24,30H,20-21H2/t24-/m1/s1. The van der Waals surface area contributed by atoms with Crippen LogP contribution >= 0.6 is 0 Å². The molecule has 4 aromatic rings. The topological polar surface area (TPSA) is 38.3 Å². The van der Waals surface area contributed by atoms with Gasteiger partial charge in [0.1, 0.15) is 6.29 Å². The SMILES string of the molecule is O=C[C@H](COCc1ccccc1)NC1(c2ccccc2)c2ccccc2-c2ccccc21. The summed E-state index contributed by atoms with van der Waals surface area (Å²) in [6.45, 7) is 0.760. The van der Waals surface area contributed by atoms with Gasteiger partial charge in [-0.05, 0) is 33.4 Å². The molecule has 0 amide bonds. The molecule has 1 aliphatic carbocycles. The molecular weight excluding hydrogens is 394 g/mol. The van der Waals surface area contributed by atoms with E-state index >= 15 is 0 Å². The number of carbonyl (C=O) groups is 1. The number of hydrogen-bond acceptors (Lipinski definition) is 3. The summed E-state index contributed by atoms with van der Waals surface area (Å²) in [6.07, 6.45) is 0.958. The first kappa shape index (κ1) is 20.4. The first-order valence-corrected chi connectivity index (χ1v) is 10.9. The van der Waals surface area contributed by atoms with E-state index in [0.717, 1.165) is 28.5 Å². The third-order valence-electron chi connectivity index (χ3n) is 6.13. The van der Waals surface area contributed by atoms with E-state index in [1.165, 1.54) is 11.1 Å². The van der Waals surface area contributed by atoms with E-state index in [-0.39, 0.29) is 6.61 Å². The molecule has 0 saturated carbocycles. The zero-order valence-electron chi connectivity index (χ0n) is 17.8. The monoisotopic (exact) mass is 419 g/mol. The third kappa shape index (κ3) is 3.56. The van der Waals surface area contributed by atoms with Crippen LogP contribution in [0.4, 0.5) is 0 Å². The molecule has 0 unspecified atom stereocenters. The lowest BCUT2D eigenvalue weighted by Crippen LogP contribution is -2.51. The Morgan fingerprint density at radius 3 is 1.84 bits per heavy atom. The quantitative estimate of drug-likeness (QED) is 0.392. The summed E-state index contributed by atoms with van der Waals surface area (Å²) >= 11 is 0. The van der Waals surface area contributed by atoms with E-state index in [1.54, 1.807) is 0 Å². The molecular formula is C29H25NO2. The Kier molecular flexibility index (Phi) is 5.68. The van der Waals surface area contributed by atoms with Crippen LogP contribution in [-0.2, 0) is 21.7 Å². The summed E-state index contributed by atoms with van der Waals surface area (Å²) in [5, 5.41) is 3.70. The molecule has 0 aromatic heterocycles. The summed E-state index contributed by atoms with van der Waals surface area (Å²) in [5.74, 6) is 0. The lowest BCUT2D eigenvalue weighted by molar-refractivity contribution is -0.111. The van der Waals surface area contributed by atoms with Crippen LogP contribution in [0.5, 0.6) is 0 Å². The summed E-state index contributed by atoms with van der Waals surface area (Å²) in [7, 11) is 0. The van der Waals surface area contributed by atoms with Crippen molar-refractivity contribution < 1.29 is 9.53 Å². The van der Waals surface area contributed by atoms with Gasteiger partial charge in [-0.2, -0.15) is 0 Å². The van der Waals surface area contributed by atoms with Crippen LogP contribution in [0.1, 0.15) is 22.3 Å². The van der Waals surface area contributed by atoms with E-state index < -0.39 is 11.6 Å². The lowest BCUT2D eigenvalue weighted by atomic mass is 9.80. The first-order chi connectivity index (χ1) is 15.8. The Morgan fingerprint density at radius 1 is 0.719 bits per heavy atom. The number of hydrogen-bond donors (Lipinski definition) is 1. The lowest BCUT2D eigenvalue weighted by Gasteiger charge is -2.36. The second kappa shape index (κ2) is 8.91. The van der Waals surface area contributed by atoms with Gasteiger partial charge in [0.05, 0.1) is 24.8 Å². The number of benzene rings is 4. The zero-order valence-corrected chi connectivity index (χ0v) is 17.8. The molecule has 158 valence electrons. The van der Waals surface area contributed by atoms with Crippen LogP contribution in [0.3, 0.4) is 0 Å². The Balaban J connectivity index is 1.53. The summed E-state index contributed by atoms with van der Waals surface area (Å²) in [6, 6.07) is 36.8. The zero-order chi connectivity index (χ0) is 21.8. The van der Waals surface area contributed by atoms with Gasteiger partial charge in [-0.3, -0.25) is 5.32 Å². The van der Waals surface area contributed by atoms with E-state index in [4.69, 9.17) is 4.74 Å². The Bertz CT molecular complexity index is 1160. The molecule has 3 nitrogen and oxygen atoms in total. The van der Waals surface area contributed by atoms with Crippen molar-refractivity contribution in [3.63, 3.8) is 0 Å². The Labute approximate surface area is 188 Å². The van der Waals surface area contributed by atoms with Gasteiger partial charge in [-0.1, -0.05) is 109 Å². The normalized spacial score (nSPS) is 14.4. The average molecular weight is 420 g/mol. The van der Waals surface area contributed by atoms with Crippen LogP contribution in [0.15, 0.2) is 109 Å². The third-order valence-corrected chi connectivity index (χ3v) is 6.13. The van der Waals surface area contributed by atoms with Crippen molar-refractivity contribution in [2.24, 2.45) is 0 Å². The smallest absolute Gasteiger partial charge is 0.139 e. The number of rotatable bonds is 8. The van der Waals surface area contributed by atoms with E-state index in [0.29, 0.717) is 6.61 Å². The van der Waals surface area contributed by atoms with Crippen molar-refractivity contribution in [1.82, 2.24) is 5.32 Å². The van der Waals surface area contributed by atoms with E-state index in [9.17, 15) is 4.79 Å². The maximum Gasteiger partial charge on any atom is 0.139 e. The molecule has 1 N–H and O–H groups in total. The van der Waals surface area contributed by atoms with Crippen molar-refractivity contribution in [3.05, 3.63) is 131 Å². The molecule has 0 aliphatic heterocycles. The average Bonchev–Trinajstić information content (AvgIpc) is 3.15. The number of nitrogens with one attached hydrogen (secondary N) is 1. The number of aldehydes is 1. The maximum absolute atomic E-state index is 12.2. The minimum atomic E-state index is -0.629. The van der Waals surface area contributed by atoms with Crippen molar-refractivity contribution in [1.29, 1.82) is 0 Å². The van der Waals surface area contributed by atoms with Crippen LogP contribution in [0, 0.1) is 0 Å². The highest BCUT2D eigenvalue weighted by Gasteiger charge is 2.45. The number of ether oxygens (including phenoxy) is 1. The Hall–Kier alpha value is -3.53. The Morgan fingerprint density at radius 2 is 1.25 bits per heavy atom. The molecule has 0 radical (unpaired) electrons. The fourth-order valence-corrected chi connectivity index (χ4v) is 4.74. The molecule has 32 heavy (non-hydrogen) atoms. The highest BCUT2D eigenvalue weighted by molar-refractivity contribution is 5.83. The van der Waals surface area contributed by atoms with Gasteiger partial charge in [-0.25, -0.2) is 0 Å². The van der Waals surface area contributed by atoms with Gasteiger partial charge in [0.15, 0.2) is 0 Å². The molecule has 5 rings (SSSR count). The van der Waals surface area contributed by atoms with Gasteiger partial charge in [0, 0.05) is 0 Å². The molecule has 0 spiro atoms. The highest BCUT2D eigenvalue weighted by Crippen LogP contribution is 2.50. The highest BCUT2D eigenvalue weighted by atomic mass is 16.5. The molecule has 0 heterocycles. The summed E-state index contributed by atoms with van der Waals surface area (Å²) < 4.78 is 5.95. The fourth-order valence-electron chi connectivity index (χ4n) is 4.74. The van der Waals surface area contributed by atoms with Crippen molar-refractivity contribution in [2.75, 3.05) is 6.61 Å². The molecule has 0 bridgehead atoms. The molecule has 0 fully saturated rings. The molecule has 1 atom stereocenters. The number of fused-ring (bicyclic) bond motifs is 3. The van der Waals surface area contributed by atoms with E-state index in [2.05, 4.69) is 66.0 Å². The van der Waals surface area contributed by atoms with Gasteiger partial charge in [0.25, 0.3) is 0 Å². The predicted octanol–water partition coefficient (Wildman–Crippen LogP) is 5.33. The first-order valence-electron chi connectivity index (χ1n) is 10.9. The second-order valence-corrected chi connectivity index (χ2v) is 8.09. The summed E-state index contributed by atoms with van der Waals surface area (Å²) in [5.41, 5.74) is 6.25. The van der Waals surface area contributed by atoms with Crippen LogP contribution < -0.4 is 5.32 Å². The van der Waals surface area contributed by atoms with Crippen LogP contribution in [0.25, 0.3) is 11.1 Å². The predicted molar refractivity (Wildman–Crippen MR) is 127 cm³/mol. The van der Waals surface area contributed by atoms with Crippen molar-refractivity contribution >= 4 is 6.29 Å². The van der Waals surface area contributed by atoms with Gasteiger partial charge < -0.3 is 9.53 Å². The second-order valence-electron chi connectivity index (χ2n) is 8.09. The van der Waals surface area contributed by atoms with Gasteiger partial charge in [-0.15, -0.1) is 0 Å². The maximum atomic E-state index is 12.2. The van der Waals surface area contributed by atoms with Crippen molar-refractivity contribution in [2.45, 2.75) is 18.2 Å². The number of carbonyl (C=O) groups excluding carboxylic acids is 1. The minimum absolute atomic E-state index is 0.289. The molecule has 3 heteroatoms. The van der Waals surface area contributed by atoms with Crippen molar-refractivity contribution in [3.8, 4) is 11.1 Å². The van der Waals surface area contributed by atoms with Crippen LogP contribution in [0.2, 0.25) is 0 Å². The minimum Gasteiger partial charge on any atom is -0.375 e. The van der Waals surface area contributed by atoms with E-state index in [1.807, 2.05) is 48.5 Å². The molecule has 4 aromatic carbocycles. The fraction of sp³-hybridized carbons (Fsp3) is 0.138. The van der Waals surface area contributed by atoms with Crippen LogP contribution in [-0.4, -0.2) is 18.9 Å². The van der Waals surface area contributed by atoms with Gasteiger partial charge >= 0.3 is 0 Å². The largest absolute Gasteiger partial charge is 0.375 e. The van der Waals surface area contributed by atoms with Gasteiger partial charge in [0.2, 0.25) is 0 Å².